The molecule has 5 aliphatic rings. The van der Waals surface area contributed by atoms with Gasteiger partial charge in [-0.1, -0.05) is 24.3 Å². The molecule has 372 valence electrons. The Hall–Kier alpha value is -6.17. The number of nitrogens with zero attached hydrogens (tertiary/aromatic N) is 7. The van der Waals surface area contributed by atoms with E-state index in [2.05, 4.69) is 9.88 Å². The van der Waals surface area contributed by atoms with E-state index in [-0.39, 0.29) is 90.7 Å². The Balaban J connectivity index is 1.13. The molecule has 6 atom stereocenters. The lowest BCUT2D eigenvalue weighted by Gasteiger charge is -2.48. The first-order valence-corrected chi connectivity index (χ1v) is 24.0. The first-order valence-electron chi connectivity index (χ1n) is 24.0. The minimum absolute atomic E-state index is 0.0348. The molecule has 70 heavy (non-hydrogen) atoms. The molecule has 18 heteroatoms. The fourth-order valence-corrected chi connectivity index (χ4v) is 11.5. The summed E-state index contributed by atoms with van der Waals surface area (Å²) >= 11 is 0. The molecular weight excluding hydrogens is 914 g/mol. The molecule has 3 aromatic carbocycles. The van der Waals surface area contributed by atoms with E-state index in [0.717, 1.165) is 17.5 Å². The van der Waals surface area contributed by atoms with Crippen molar-refractivity contribution in [2.24, 2.45) is 0 Å². The van der Waals surface area contributed by atoms with E-state index >= 15 is 17.6 Å². The SMILES string of the molecule is COc1ccc(CN(Cc2ccc(OC)cc2)c2cc(-c3nc4c5c(nc(OC[C@@]67CCCN6C[C@H](F)C7)nc5c3F)N3C[C@H]5CC[C@@H]([C@H]3[C@H](C)O4)N5C(=O)OC(C)(C)C)c(C(F)F)c(C)c2F)cc1. The van der Waals surface area contributed by atoms with Crippen molar-refractivity contribution >= 4 is 28.5 Å². The number of pyridine rings is 1. The molecule has 13 nitrogen and oxygen atoms in total. The summed E-state index contributed by atoms with van der Waals surface area (Å²) in [7, 11) is 3.10. The first-order chi connectivity index (χ1) is 33.4. The van der Waals surface area contributed by atoms with Gasteiger partial charge in [0.25, 0.3) is 6.43 Å². The number of aromatic nitrogens is 3. The molecule has 0 radical (unpaired) electrons. The Labute approximate surface area is 403 Å². The lowest BCUT2D eigenvalue weighted by molar-refractivity contribution is 0.000926. The van der Waals surface area contributed by atoms with Crippen LogP contribution in [0.4, 0.5) is 38.3 Å². The van der Waals surface area contributed by atoms with Crippen molar-refractivity contribution in [2.75, 3.05) is 50.3 Å². The highest BCUT2D eigenvalue weighted by molar-refractivity contribution is 5.98. The largest absolute Gasteiger partial charge is 0.497 e. The average molecular weight is 972 g/mol. The molecule has 4 saturated heterocycles. The molecule has 0 aliphatic carbocycles. The Morgan fingerprint density at radius 3 is 2.24 bits per heavy atom. The normalized spacial score (nSPS) is 23.8. The van der Waals surface area contributed by atoms with Crippen LogP contribution in [-0.2, 0) is 17.8 Å². The molecule has 5 aliphatic heterocycles. The van der Waals surface area contributed by atoms with E-state index in [0.29, 0.717) is 37.3 Å². The molecule has 5 aromatic rings. The van der Waals surface area contributed by atoms with Gasteiger partial charge in [-0.2, -0.15) is 9.97 Å². The van der Waals surface area contributed by atoms with Crippen LogP contribution in [0.25, 0.3) is 22.2 Å². The van der Waals surface area contributed by atoms with Crippen LogP contribution in [0.15, 0.2) is 54.6 Å². The number of ether oxygens (including phenoxy) is 5. The summed E-state index contributed by atoms with van der Waals surface area (Å²) in [6.07, 6.45) is -2.38. The van der Waals surface area contributed by atoms with E-state index in [1.54, 1.807) is 48.3 Å². The van der Waals surface area contributed by atoms with Crippen molar-refractivity contribution < 1.29 is 50.4 Å². The van der Waals surface area contributed by atoms with Gasteiger partial charge in [0.2, 0.25) is 5.88 Å². The standard InChI is InChI=1S/C52H58F5N7O6/c1-28-39(46(56)57)36(21-38(41(28)54)61(23-30-9-14-34(66-6)15-10-30)24-31-11-16-35(67-7)17-12-31)43-42(55)44-40-47(60-49(59-44)68-27-52-19-8-20-62(52)25-32(53)22-52)63-26-33-13-18-37(45(63)29(2)69-48(40)58-43)64(33)50(65)70-51(3,4)5/h9-12,14-17,21,29,32-33,37,45-46H,8,13,18-20,22-27H2,1-7H3/t29-,32+,33+,37-,45+,52-/m0/s1. The van der Waals surface area contributed by atoms with Crippen LogP contribution in [-0.4, -0.2) is 113 Å². The van der Waals surface area contributed by atoms with Gasteiger partial charge in [-0.15, -0.1) is 0 Å². The Morgan fingerprint density at radius 2 is 1.61 bits per heavy atom. The molecule has 0 saturated carbocycles. The summed E-state index contributed by atoms with van der Waals surface area (Å²) in [6.45, 7) is 10.0. The molecule has 7 heterocycles. The van der Waals surface area contributed by atoms with Crippen molar-refractivity contribution in [3.63, 3.8) is 0 Å². The van der Waals surface area contributed by atoms with Crippen LogP contribution >= 0.6 is 0 Å². The lowest BCUT2D eigenvalue weighted by atomic mass is 9.95. The minimum Gasteiger partial charge on any atom is -0.497 e. The number of benzene rings is 3. The third-order valence-electron chi connectivity index (χ3n) is 14.7. The van der Waals surface area contributed by atoms with Gasteiger partial charge in [0.1, 0.15) is 64.2 Å². The van der Waals surface area contributed by atoms with Gasteiger partial charge in [0.15, 0.2) is 5.82 Å². The fourth-order valence-electron chi connectivity index (χ4n) is 11.5. The molecule has 2 bridgehead atoms. The fraction of sp³-hybridized carbons (Fsp3) is 0.500. The van der Waals surface area contributed by atoms with E-state index in [4.69, 9.17) is 33.7 Å². The molecule has 10 rings (SSSR count). The predicted molar refractivity (Wildman–Crippen MR) is 253 cm³/mol. The van der Waals surface area contributed by atoms with Crippen LogP contribution in [0.2, 0.25) is 0 Å². The van der Waals surface area contributed by atoms with E-state index in [1.165, 1.54) is 13.0 Å². The van der Waals surface area contributed by atoms with Crippen LogP contribution < -0.4 is 28.7 Å². The topological polar surface area (TPSA) is 115 Å². The number of hydrogen-bond donors (Lipinski definition) is 0. The van der Waals surface area contributed by atoms with Crippen LogP contribution in [0.1, 0.15) is 88.5 Å². The molecule has 0 N–H and O–H groups in total. The maximum atomic E-state index is 18.1. The van der Waals surface area contributed by atoms with Crippen molar-refractivity contribution in [2.45, 2.75) is 128 Å². The summed E-state index contributed by atoms with van der Waals surface area (Å²) in [5.74, 6) is -0.631. The Kier molecular flexibility index (Phi) is 12.4. The van der Waals surface area contributed by atoms with Crippen molar-refractivity contribution in [1.82, 2.24) is 24.8 Å². The summed E-state index contributed by atoms with van der Waals surface area (Å²) in [5, 5.41) is 0.0942. The summed E-state index contributed by atoms with van der Waals surface area (Å²) < 4.78 is 111. The van der Waals surface area contributed by atoms with Gasteiger partial charge in [0, 0.05) is 43.7 Å². The zero-order valence-electron chi connectivity index (χ0n) is 40.4. The molecule has 1 amide bonds. The second-order valence-corrected chi connectivity index (χ2v) is 20.3. The second kappa shape index (κ2) is 18.2. The van der Waals surface area contributed by atoms with Gasteiger partial charge in [-0.25, -0.2) is 31.7 Å². The molecular formula is C52H58F5N7O6. The highest BCUT2D eigenvalue weighted by atomic mass is 19.3. The van der Waals surface area contributed by atoms with E-state index < -0.39 is 70.9 Å². The lowest BCUT2D eigenvalue weighted by Crippen LogP contribution is -2.65. The average Bonchev–Trinajstić information content (AvgIpc) is 3.94. The monoisotopic (exact) mass is 971 g/mol. The van der Waals surface area contributed by atoms with Crippen LogP contribution in [0, 0.1) is 18.6 Å². The number of carbonyl (C=O) groups is 1. The number of rotatable bonds is 12. The number of hydrogen-bond acceptors (Lipinski definition) is 12. The zero-order valence-corrected chi connectivity index (χ0v) is 40.4. The predicted octanol–water partition coefficient (Wildman–Crippen LogP) is 10.1. The maximum Gasteiger partial charge on any atom is 0.410 e. The first kappa shape index (κ1) is 47.5. The van der Waals surface area contributed by atoms with Crippen LogP contribution in [0.3, 0.4) is 0 Å². The smallest absolute Gasteiger partial charge is 0.410 e. The minimum atomic E-state index is -3.26. The number of amides is 1. The Bertz CT molecular complexity index is 2750. The number of halogens is 5. The highest BCUT2D eigenvalue weighted by Crippen LogP contribution is 2.49. The summed E-state index contributed by atoms with van der Waals surface area (Å²) in [4.78, 5) is 35.7. The Morgan fingerprint density at radius 1 is 0.943 bits per heavy atom. The number of alkyl halides is 3. The third kappa shape index (κ3) is 8.52. The van der Waals surface area contributed by atoms with Crippen LogP contribution in [0.5, 0.6) is 23.4 Å². The molecule has 0 unspecified atom stereocenters. The van der Waals surface area contributed by atoms with Gasteiger partial charge >= 0.3 is 12.1 Å². The number of fused-ring (bicyclic) bond motifs is 6. The number of piperazine rings is 1. The number of anilines is 2. The number of methoxy groups -OCH3 is 2. The molecule has 2 aromatic heterocycles. The van der Waals surface area contributed by atoms with Crippen molar-refractivity contribution in [1.29, 1.82) is 0 Å². The summed E-state index contributed by atoms with van der Waals surface area (Å²) in [5.41, 5.74) is -2.24. The van der Waals surface area contributed by atoms with E-state index in [9.17, 15) is 9.18 Å². The van der Waals surface area contributed by atoms with Gasteiger partial charge < -0.3 is 33.5 Å². The van der Waals surface area contributed by atoms with Gasteiger partial charge in [-0.05, 0) is 114 Å². The number of carbonyl (C=O) groups excluding carboxylic acids is 1. The maximum absolute atomic E-state index is 18.1. The van der Waals surface area contributed by atoms with Gasteiger partial charge in [0.05, 0.1) is 43.6 Å². The second-order valence-electron chi connectivity index (χ2n) is 20.3. The molecule has 0 spiro atoms. The summed E-state index contributed by atoms with van der Waals surface area (Å²) in [6, 6.07) is 14.1. The van der Waals surface area contributed by atoms with Gasteiger partial charge in [-0.3, -0.25) is 9.80 Å². The van der Waals surface area contributed by atoms with Crippen molar-refractivity contribution in [3.05, 3.63) is 88.5 Å². The zero-order chi connectivity index (χ0) is 49.4. The van der Waals surface area contributed by atoms with E-state index in [1.807, 2.05) is 56.9 Å². The molecule has 4 fully saturated rings. The quantitative estimate of drug-likeness (QED) is 0.111. The highest BCUT2D eigenvalue weighted by Gasteiger charge is 2.54. The third-order valence-corrected chi connectivity index (χ3v) is 14.7. The van der Waals surface area contributed by atoms with Crippen molar-refractivity contribution in [3.8, 4) is 34.6 Å².